The summed E-state index contributed by atoms with van der Waals surface area (Å²) >= 11 is 0. The van der Waals surface area contributed by atoms with Crippen LogP contribution in [-0.4, -0.2) is 59.9 Å². The molecule has 0 radical (unpaired) electrons. The van der Waals surface area contributed by atoms with Crippen LogP contribution in [0.1, 0.15) is 50.7 Å². The van der Waals surface area contributed by atoms with Crippen LogP contribution < -0.4 is 0 Å². The summed E-state index contributed by atoms with van der Waals surface area (Å²) in [4.78, 5) is 42.2. The fraction of sp³-hybridized carbons (Fsp3) is 0.591. The highest BCUT2D eigenvalue weighted by Crippen LogP contribution is 2.41. The van der Waals surface area contributed by atoms with E-state index in [2.05, 4.69) is 0 Å². The molecular weight excluding hydrogens is 356 g/mol. The standard InChI is InChI=1S/C22H30N2O4/c1-4-23(15-17-10-8-12-28-17)19(25)13-22(18-11-7-6-9-16(18)3)14-20(26)24(5-2)21(22)27/h6-7,9,11,17H,4-5,8,10,12-15H2,1-3H3/t17-,22-/m1/s1. The van der Waals surface area contributed by atoms with Gasteiger partial charge in [0.25, 0.3) is 0 Å². The zero-order valence-electron chi connectivity index (χ0n) is 17.1. The van der Waals surface area contributed by atoms with Crippen molar-refractivity contribution in [1.82, 2.24) is 9.80 Å². The average Bonchev–Trinajstić information content (AvgIpc) is 3.26. The van der Waals surface area contributed by atoms with Gasteiger partial charge in [-0.3, -0.25) is 19.3 Å². The maximum absolute atomic E-state index is 13.3. The van der Waals surface area contributed by atoms with Crippen LogP contribution in [0.5, 0.6) is 0 Å². The number of amides is 3. The summed E-state index contributed by atoms with van der Waals surface area (Å²) in [6.07, 6.45) is 2.09. The van der Waals surface area contributed by atoms with E-state index >= 15 is 0 Å². The number of ether oxygens (including phenoxy) is 1. The molecule has 0 spiro atoms. The molecule has 2 saturated heterocycles. The van der Waals surface area contributed by atoms with Crippen molar-refractivity contribution in [2.45, 2.75) is 58.0 Å². The molecule has 0 unspecified atom stereocenters. The molecule has 2 fully saturated rings. The number of imide groups is 1. The molecule has 1 aromatic carbocycles. The second kappa shape index (κ2) is 8.43. The fourth-order valence-corrected chi connectivity index (χ4v) is 4.49. The Labute approximate surface area is 166 Å². The third kappa shape index (κ3) is 3.70. The molecule has 6 heteroatoms. The maximum Gasteiger partial charge on any atom is 0.240 e. The Morgan fingerprint density at radius 3 is 2.61 bits per heavy atom. The number of likely N-dealkylation sites (N-methyl/N-ethyl adjacent to an activating group) is 2. The molecule has 28 heavy (non-hydrogen) atoms. The minimum Gasteiger partial charge on any atom is -0.376 e. The Bertz CT molecular complexity index is 757. The van der Waals surface area contributed by atoms with E-state index in [0.29, 0.717) is 19.6 Å². The lowest BCUT2D eigenvalue weighted by Gasteiger charge is -2.32. The van der Waals surface area contributed by atoms with Crippen LogP contribution >= 0.6 is 0 Å². The maximum atomic E-state index is 13.3. The van der Waals surface area contributed by atoms with Crippen LogP contribution in [0.4, 0.5) is 0 Å². The fourth-order valence-electron chi connectivity index (χ4n) is 4.49. The first kappa shape index (κ1) is 20.5. The highest BCUT2D eigenvalue weighted by Gasteiger charge is 2.54. The summed E-state index contributed by atoms with van der Waals surface area (Å²) in [5.41, 5.74) is 0.599. The normalized spacial score (nSPS) is 24.8. The first-order valence-corrected chi connectivity index (χ1v) is 10.2. The zero-order chi connectivity index (χ0) is 20.3. The molecular formula is C22H30N2O4. The predicted molar refractivity (Wildman–Crippen MR) is 106 cm³/mol. The third-order valence-corrected chi connectivity index (χ3v) is 6.02. The van der Waals surface area contributed by atoms with Crippen molar-refractivity contribution in [2.75, 3.05) is 26.2 Å². The molecule has 0 aromatic heterocycles. The van der Waals surface area contributed by atoms with E-state index in [9.17, 15) is 14.4 Å². The predicted octanol–water partition coefficient (Wildman–Crippen LogP) is 2.43. The SMILES string of the molecule is CCN(C[C@H]1CCCO1)C(=O)C[C@]1(c2ccccc2C)CC(=O)N(CC)C1=O. The number of rotatable bonds is 7. The number of nitrogens with zero attached hydrogens (tertiary/aromatic N) is 2. The number of aryl methyl sites for hydroxylation is 1. The number of carbonyl (C=O) groups excluding carboxylic acids is 3. The summed E-state index contributed by atoms with van der Waals surface area (Å²) in [6.45, 7) is 7.82. The number of likely N-dealkylation sites (tertiary alicyclic amines) is 1. The lowest BCUT2D eigenvalue weighted by molar-refractivity contribution is -0.142. The third-order valence-electron chi connectivity index (χ3n) is 6.02. The van der Waals surface area contributed by atoms with Crippen LogP contribution in [0.15, 0.2) is 24.3 Å². The molecule has 0 saturated carbocycles. The molecule has 2 aliphatic rings. The molecule has 2 atom stereocenters. The van der Waals surface area contributed by atoms with E-state index in [-0.39, 0.29) is 36.7 Å². The molecule has 3 rings (SSSR count). The van der Waals surface area contributed by atoms with Crippen LogP contribution in [-0.2, 0) is 24.5 Å². The van der Waals surface area contributed by atoms with E-state index in [1.807, 2.05) is 38.1 Å². The van der Waals surface area contributed by atoms with Crippen LogP contribution in [0, 0.1) is 6.92 Å². The molecule has 2 heterocycles. The summed E-state index contributed by atoms with van der Waals surface area (Å²) in [5.74, 6) is -0.554. The second-order valence-corrected chi connectivity index (χ2v) is 7.76. The van der Waals surface area contributed by atoms with Crippen molar-refractivity contribution >= 4 is 17.7 Å². The average molecular weight is 386 g/mol. The van der Waals surface area contributed by atoms with Gasteiger partial charge in [0.05, 0.1) is 11.5 Å². The number of hydrogen-bond donors (Lipinski definition) is 0. The van der Waals surface area contributed by atoms with Gasteiger partial charge in [0, 0.05) is 39.1 Å². The summed E-state index contributed by atoms with van der Waals surface area (Å²) in [6, 6.07) is 7.58. The van der Waals surface area contributed by atoms with E-state index in [0.717, 1.165) is 30.6 Å². The van der Waals surface area contributed by atoms with Crippen LogP contribution in [0.3, 0.4) is 0 Å². The van der Waals surface area contributed by atoms with Crippen molar-refractivity contribution in [3.8, 4) is 0 Å². The minimum atomic E-state index is -1.11. The van der Waals surface area contributed by atoms with Gasteiger partial charge >= 0.3 is 0 Å². The lowest BCUT2D eigenvalue weighted by atomic mass is 9.74. The largest absolute Gasteiger partial charge is 0.376 e. The van der Waals surface area contributed by atoms with Crippen molar-refractivity contribution in [3.05, 3.63) is 35.4 Å². The zero-order valence-corrected chi connectivity index (χ0v) is 17.1. The molecule has 2 aliphatic heterocycles. The number of benzene rings is 1. The van der Waals surface area contributed by atoms with Gasteiger partial charge in [-0.25, -0.2) is 0 Å². The molecule has 152 valence electrons. The Morgan fingerprint density at radius 2 is 2.04 bits per heavy atom. The first-order valence-electron chi connectivity index (χ1n) is 10.2. The monoisotopic (exact) mass is 386 g/mol. The molecule has 6 nitrogen and oxygen atoms in total. The molecule has 0 bridgehead atoms. The van der Waals surface area contributed by atoms with Gasteiger partial charge in [-0.1, -0.05) is 24.3 Å². The quantitative estimate of drug-likeness (QED) is 0.675. The van der Waals surface area contributed by atoms with Gasteiger partial charge in [-0.15, -0.1) is 0 Å². The second-order valence-electron chi connectivity index (χ2n) is 7.76. The van der Waals surface area contributed by atoms with Gasteiger partial charge in [-0.2, -0.15) is 0 Å². The van der Waals surface area contributed by atoms with E-state index < -0.39 is 5.41 Å². The molecule has 1 aromatic rings. The Balaban J connectivity index is 1.92. The summed E-state index contributed by atoms with van der Waals surface area (Å²) in [7, 11) is 0. The van der Waals surface area contributed by atoms with Crippen molar-refractivity contribution in [1.29, 1.82) is 0 Å². The van der Waals surface area contributed by atoms with Crippen molar-refractivity contribution < 1.29 is 19.1 Å². The Hall–Kier alpha value is -2.21. The van der Waals surface area contributed by atoms with E-state index in [1.54, 1.807) is 11.8 Å². The minimum absolute atomic E-state index is 0.0134. The summed E-state index contributed by atoms with van der Waals surface area (Å²) < 4.78 is 5.68. The van der Waals surface area contributed by atoms with Crippen molar-refractivity contribution in [2.24, 2.45) is 0 Å². The lowest BCUT2D eigenvalue weighted by Crippen LogP contribution is -2.45. The molecule has 3 amide bonds. The molecule has 0 N–H and O–H groups in total. The van der Waals surface area contributed by atoms with Gasteiger partial charge in [-0.05, 0) is 44.7 Å². The number of carbonyl (C=O) groups is 3. The van der Waals surface area contributed by atoms with Crippen molar-refractivity contribution in [3.63, 3.8) is 0 Å². The van der Waals surface area contributed by atoms with E-state index in [4.69, 9.17) is 4.74 Å². The summed E-state index contributed by atoms with van der Waals surface area (Å²) in [5, 5.41) is 0. The smallest absolute Gasteiger partial charge is 0.240 e. The van der Waals surface area contributed by atoms with E-state index in [1.165, 1.54) is 4.90 Å². The van der Waals surface area contributed by atoms with Gasteiger partial charge < -0.3 is 9.64 Å². The first-order chi connectivity index (χ1) is 13.4. The Kier molecular flexibility index (Phi) is 6.18. The van der Waals surface area contributed by atoms with Gasteiger partial charge in [0.1, 0.15) is 0 Å². The molecule has 0 aliphatic carbocycles. The van der Waals surface area contributed by atoms with Gasteiger partial charge in [0.2, 0.25) is 17.7 Å². The van der Waals surface area contributed by atoms with Gasteiger partial charge in [0.15, 0.2) is 0 Å². The number of hydrogen-bond acceptors (Lipinski definition) is 4. The highest BCUT2D eigenvalue weighted by atomic mass is 16.5. The topological polar surface area (TPSA) is 66.9 Å². The highest BCUT2D eigenvalue weighted by molar-refractivity contribution is 6.10. The van der Waals surface area contributed by atoms with Crippen LogP contribution in [0.25, 0.3) is 0 Å². The van der Waals surface area contributed by atoms with Crippen LogP contribution in [0.2, 0.25) is 0 Å². The Morgan fingerprint density at radius 1 is 1.29 bits per heavy atom.